The monoisotopic (exact) mass is 205 g/mol. The first-order valence-corrected chi connectivity index (χ1v) is 3.92. The van der Waals surface area contributed by atoms with Gasteiger partial charge in [0, 0.05) is 5.69 Å². The van der Waals surface area contributed by atoms with E-state index in [1.165, 1.54) is 12.1 Å². The van der Waals surface area contributed by atoms with E-state index in [1.54, 1.807) is 13.8 Å². The molecule has 0 radical (unpaired) electrons. The molecule has 1 aromatic carbocycles. The average molecular weight is 205 g/mol. The first-order valence-electron chi connectivity index (χ1n) is 3.92. The Morgan fingerprint density at radius 3 is 1.93 bits per heavy atom. The van der Waals surface area contributed by atoms with E-state index in [-0.39, 0.29) is 5.75 Å². The average Bonchev–Trinajstić information content (AvgIpc) is 1.96. The van der Waals surface area contributed by atoms with Gasteiger partial charge in [0.15, 0.2) is 0 Å². The number of hydrogen-bond donors (Lipinski definition) is 1. The Balaban J connectivity index is 3.02. The van der Waals surface area contributed by atoms with Gasteiger partial charge < -0.3 is 10.5 Å². The van der Waals surface area contributed by atoms with E-state index in [0.717, 1.165) is 0 Å². The normalized spacial score (nSPS) is 11.5. The Kier molecular flexibility index (Phi) is 2.59. The number of alkyl halides is 3. The van der Waals surface area contributed by atoms with Crippen LogP contribution in [0.15, 0.2) is 12.1 Å². The lowest BCUT2D eigenvalue weighted by molar-refractivity contribution is -0.274. The van der Waals surface area contributed by atoms with E-state index < -0.39 is 6.36 Å². The Bertz CT molecular complexity index is 323. The van der Waals surface area contributed by atoms with Crippen LogP contribution in [0, 0.1) is 13.8 Å². The van der Waals surface area contributed by atoms with Crippen LogP contribution in [0.5, 0.6) is 5.75 Å². The molecule has 0 aliphatic heterocycles. The highest BCUT2D eigenvalue weighted by molar-refractivity contribution is 5.56. The van der Waals surface area contributed by atoms with Gasteiger partial charge in [0.2, 0.25) is 0 Å². The SMILES string of the molecule is Cc1cc(OC(F)(F)F)cc(C)c1N. The molecular weight excluding hydrogens is 195 g/mol. The van der Waals surface area contributed by atoms with Crippen molar-refractivity contribution in [3.8, 4) is 5.75 Å². The lowest BCUT2D eigenvalue weighted by atomic mass is 10.1. The van der Waals surface area contributed by atoms with Crippen molar-refractivity contribution in [1.82, 2.24) is 0 Å². The Morgan fingerprint density at radius 2 is 1.57 bits per heavy atom. The van der Waals surface area contributed by atoms with Crippen molar-refractivity contribution in [2.24, 2.45) is 0 Å². The summed E-state index contributed by atoms with van der Waals surface area (Å²) >= 11 is 0. The molecule has 0 atom stereocenters. The molecule has 78 valence electrons. The van der Waals surface area contributed by atoms with Crippen molar-refractivity contribution in [3.05, 3.63) is 23.3 Å². The fourth-order valence-electron chi connectivity index (χ4n) is 1.13. The van der Waals surface area contributed by atoms with Gasteiger partial charge in [-0.15, -0.1) is 13.2 Å². The zero-order valence-corrected chi connectivity index (χ0v) is 7.77. The number of benzene rings is 1. The van der Waals surface area contributed by atoms with Gasteiger partial charge in [-0.25, -0.2) is 0 Å². The number of rotatable bonds is 1. The van der Waals surface area contributed by atoms with Crippen LogP contribution in [0.1, 0.15) is 11.1 Å². The van der Waals surface area contributed by atoms with Crippen molar-refractivity contribution in [3.63, 3.8) is 0 Å². The number of anilines is 1. The molecule has 0 aliphatic carbocycles. The minimum atomic E-state index is -4.66. The molecule has 0 spiro atoms. The van der Waals surface area contributed by atoms with Crippen molar-refractivity contribution in [2.75, 3.05) is 5.73 Å². The molecule has 0 amide bonds. The van der Waals surface area contributed by atoms with E-state index >= 15 is 0 Å². The van der Waals surface area contributed by atoms with Gasteiger partial charge in [0.1, 0.15) is 5.75 Å². The molecule has 2 nitrogen and oxygen atoms in total. The summed E-state index contributed by atoms with van der Waals surface area (Å²) in [6, 6.07) is 2.52. The third-order valence-corrected chi connectivity index (χ3v) is 1.80. The van der Waals surface area contributed by atoms with Crippen LogP contribution >= 0.6 is 0 Å². The lowest BCUT2D eigenvalue weighted by Gasteiger charge is -2.11. The standard InChI is InChI=1S/C9H10F3NO/c1-5-3-7(14-9(10,11)12)4-6(2)8(5)13/h3-4H,13H2,1-2H3. The van der Waals surface area contributed by atoms with Crippen LogP contribution < -0.4 is 10.5 Å². The molecule has 2 N–H and O–H groups in total. The molecule has 0 saturated carbocycles. The Labute approximate surface area is 79.5 Å². The van der Waals surface area contributed by atoms with Gasteiger partial charge in [-0.2, -0.15) is 0 Å². The van der Waals surface area contributed by atoms with Crippen molar-refractivity contribution in [2.45, 2.75) is 20.2 Å². The van der Waals surface area contributed by atoms with Crippen LogP contribution in [0.25, 0.3) is 0 Å². The molecule has 0 saturated heterocycles. The van der Waals surface area contributed by atoms with E-state index in [2.05, 4.69) is 4.74 Å². The fourth-order valence-corrected chi connectivity index (χ4v) is 1.13. The smallest absolute Gasteiger partial charge is 0.406 e. The van der Waals surface area contributed by atoms with E-state index in [0.29, 0.717) is 16.8 Å². The van der Waals surface area contributed by atoms with Crippen LogP contribution in [-0.4, -0.2) is 6.36 Å². The minimum absolute atomic E-state index is 0.235. The predicted molar refractivity (Wildman–Crippen MR) is 47.0 cm³/mol. The summed E-state index contributed by atoms with van der Waals surface area (Å²) in [7, 11) is 0. The molecule has 0 heterocycles. The summed E-state index contributed by atoms with van der Waals surface area (Å²) in [5.74, 6) is -0.235. The van der Waals surface area contributed by atoms with Gasteiger partial charge in [0.05, 0.1) is 0 Å². The van der Waals surface area contributed by atoms with Crippen LogP contribution in [0.2, 0.25) is 0 Å². The van der Waals surface area contributed by atoms with Gasteiger partial charge in [-0.05, 0) is 37.1 Å². The summed E-state index contributed by atoms with van der Waals surface area (Å²) in [5.41, 5.74) is 7.21. The maximum Gasteiger partial charge on any atom is 0.573 e. The number of halogens is 3. The third kappa shape index (κ3) is 2.55. The molecule has 0 fully saturated rings. The Morgan fingerprint density at radius 1 is 1.14 bits per heavy atom. The molecule has 14 heavy (non-hydrogen) atoms. The molecule has 0 bridgehead atoms. The molecule has 1 aromatic rings. The number of hydrogen-bond acceptors (Lipinski definition) is 2. The molecule has 1 rings (SSSR count). The number of nitrogen functional groups attached to an aromatic ring is 1. The first kappa shape index (κ1) is 10.7. The molecular formula is C9H10F3NO. The van der Waals surface area contributed by atoms with Crippen LogP contribution in [0.3, 0.4) is 0 Å². The summed E-state index contributed by atoms with van der Waals surface area (Å²) in [5, 5.41) is 0. The molecule has 0 unspecified atom stereocenters. The predicted octanol–water partition coefficient (Wildman–Crippen LogP) is 2.78. The third-order valence-electron chi connectivity index (χ3n) is 1.80. The van der Waals surface area contributed by atoms with E-state index in [1.807, 2.05) is 0 Å². The van der Waals surface area contributed by atoms with Gasteiger partial charge in [0.25, 0.3) is 0 Å². The highest BCUT2D eigenvalue weighted by Gasteiger charge is 2.31. The Hall–Kier alpha value is -1.39. The zero-order valence-electron chi connectivity index (χ0n) is 7.77. The lowest BCUT2D eigenvalue weighted by Crippen LogP contribution is -2.17. The maximum absolute atomic E-state index is 11.9. The van der Waals surface area contributed by atoms with Gasteiger partial charge in [-0.3, -0.25) is 0 Å². The van der Waals surface area contributed by atoms with Crippen LogP contribution in [-0.2, 0) is 0 Å². The number of nitrogens with two attached hydrogens (primary N) is 1. The minimum Gasteiger partial charge on any atom is -0.406 e. The maximum atomic E-state index is 11.9. The zero-order chi connectivity index (χ0) is 10.9. The van der Waals surface area contributed by atoms with Crippen molar-refractivity contribution >= 4 is 5.69 Å². The van der Waals surface area contributed by atoms with Crippen LogP contribution in [0.4, 0.5) is 18.9 Å². The molecule has 0 aromatic heterocycles. The fraction of sp³-hybridized carbons (Fsp3) is 0.333. The molecule has 5 heteroatoms. The number of aryl methyl sites for hydroxylation is 2. The van der Waals surface area contributed by atoms with Gasteiger partial charge in [-0.1, -0.05) is 0 Å². The summed E-state index contributed by atoms with van der Waals surface area (Å²) in [6.07, 6.45) is -4.66. The topological polar surface area (TPSA) is 35.2 Å². The highest BCUT2D eigenvalue weighted by Crippen LogP contribution is 2.28. The van der Waals surface area contributed by atoms with Crippen molar-refractivity contribution < 1.29 is 17.9 Å². The second-order valence-corrected chi connectivity index (χ2v) is 3.02. The highest BCUT2D eigenvalue weighted by atomic mass is 19.4. The van der Waals surface area contributed by atoms with Gasteiger partial charge >= 0.3 is 6.36 Å². The summed E-state index contributed by atoms with van der Waals surface area (Å²) in [4.78, 5) is 0. The first-order chi connectivity index (χ1) is 6.29. The second-order valence-electron chi connectivity index (χ2n) is 3.02. The quantitative estimate of drug-likeness (QED) is 0.715. The van der Waals surface area contributed by atoms with Crippen molar-refractivity contribution in [1.29, 1.82) is 0 Å². The number of ether oxygens (including phenoxy) is 1. The largest absolute Gasteiger partial charge is 0.573 e. The summed E-state index contributed by atoms with van der Waals surface area (Å²) < 4.78 is 39.3. The summed E-state index contributed by atoms with van der Waals surface area (Å²) in [6.45, 7) is 3.26. The van der Waals surface area contributed by atoms with E-state index in [9.17, 15) is 13.2 Å². The van der Waals surface area contributed by atoms with E-state index in [4.69, 9.17) is 5.73 Å². The second kappa shape index (κ2) is 3.40. The molecule has 0 aliphatic rings.